The van der Waals surface area contributed by atoms with Gasteiger partial charge in [0, 0.05) is 6.04 Å². The van der Waals surface area contributed by atoms with Gasteiger partial charge in [0.05, 0.1) is 6.10 Å². The molecule has 0 saturated heterocycles. The lowest BCUT2D eigenvalue weighted by atomic mass is 10.2. The Kier molecular flexibility index (Phi) is 2.40. The fourth-order valence-electron chi connectivity index (χ4n) is 2.19. The third-order valence-electron chi connectivity index (χ3n) is 3.22. The van der Waals surface area contributed by atoms with E-state index >= 15 is 0 Å². The van der Waals surface area contributed by atoms with Gasteiger partial charge in [0.1, 0.15) is 18.5 Å². The van der Waals surface area contributed by atoms with Crippen LogP contribution in [0.25, 0.3) is 11.2 Å². The number of fused-ring (bicyclic) bond motifs is 1. The van der Waals surface area contributed by atoms with Crippen molar-refractivity contribution in [1.82, 2.24) is 25.0 Å². The second-order valence-electron chi connectivity index (χ2n) is 4.40. The first-order valence-electron chi connectivity index (χ1n) is 5.52. The molecule has 96 valence electrons. The SMILES string of the molecule is Nc1ncnc2nn([C@@H]3C[C@H](N)[C@@H](O)[C@H]3O)nc12. The Morgan fingerprint density at radius 1 is 1.22 bits per heavy atom. The number of hydrogen-bond donors (Lipinski definition) is 4. The zero-order chi connectivity index (χ0) is 12.9. The monoisotopic (exact) mass is 251 g/mol. The number of aliphatic hydroxyl groups excluding tert-OH is 2. The number of nitrogens with two attached hydrogens (primary N) is 2. The molecular weight excluding hydrogens is 238 g/mol. The summed E-state index contributed by atoms with van der Waals surface area (Å²) in [7, 11) is 0. The van der Waals surface area contributed by atoms with E-state index in [9.17, 15) is 10.2 Å². The molecule has 0 aliphatic heterocycles. The second kappa shape index (κ2) is 3.83. The zero-order valence-corrected chi connectivity index (χ0v) is 9.38. The molecule has 4 atom stereocenters. The van der Waals surface area contributed by atoms with E-state index in [1.54, 1.807) is 0 Å². The Bertz CT molecular complexity index is 585. The summed E-state index contributed by atoms with van der Waals surface area (Å²) in [6, 6.07) is -0.980. The first-order chi connectivity index (χ1) is 8.58. The van der Waals surface area contributed by atoms with Gasteiger partial charge in [-0.2, -0.15) is 4.80 Å². The normalized spacial score (nSPS) is 32.2. The lowest BCUT2D eigenvalue weighted by Crippen LogP contribution is -2.36. The summed E-state index contributed by atoms with van der Waals surface area (Å²) in [6.07, 6.45) is -0.303. The van der Waals surface area contributed by atoms with Gasteiger partial charge in [-0.25, -0.2) is 9.97 Å². The van der Waals surface area contributed by atoms with Crippen LogP contribution in [0.15, 0.2) is 6.33 Å². The second-order valence-corrected chi connectivity index (χ2v) is 4.40. The number of aromatic nitrogens is 5. The van der Waals surface area contributed by atoms with E-state index in [2.05, 4.69) is 20.2 Å². The van der Waals surface area contributed by atoms with E-state index in [4.69, 9.17) is 11.5 Å². The van der Waals surface area contributed by atoms with Crippen LogP contribution < -0.4 is 11.5 Å². The van der Waals surface area contributed by atoms with Crippen LogP contribution in [0.3, 0.4) is 0 Å². The van der Waals surface area contributed by atoms with Crippen LogP contribution in [0.4, 0.5) is 5.82 Å². The summed E-state index contributed by atoms with van der Waals surface area (Å²) in [5, 5.41) is 27.8. The molecule has 1 aliphatic carbocycles. The van der Waals surface area contributed by atoms with Crippen LogP contribution in [0, 0.1) is 0 Å². The van der Waals surface area contributed by atoms with Gasteiger partial charge < -0.3 is 21.7 Å². The molecule has 2 aromatic heterocycles. The molecule has 1 saturated carbocycles. The first kappa shape index (κ1) is 11.3. The molecule has 2 heterocycles. The summed E-state index contributed by atoms with van der Waals surface area (Å²) >= 11 is 0. The molecule has 2 aromatic rings. The maximum absolute atomic E-state index is 9.88. The molecule has 0 spiro atoms. The predicted octanol–water partition coefficient (Wildman–Crippen LogP) is -2.20. The van der Waals surface area contributed by atoms with Crippen LogP contribution >= 0.6 is 0 Å². The van der Waals surface area contributed by atoms with Crippen LogP contribution in [-0.4, -0.2) is 53.4 Å². The Hall–Kier alpha value is -1.84. The van der Waals surface area contributed by atoms with Crippen molar-refractivity contribution >= 4 is 17.0 Å². The molecule has 6 N–H and O–H groups in total. The zero-order valence-electron chi connectivity index (χ0n) is 9.38. The van der Waals surface area contributed by atoms with Gasteiger partial charge in [-0.1, -0.05) is 0 Å². The largest absolute Gasteiger partial charge is 0.389 e. The highest BCUT2D eigenvalue weighted by Gasteiger charge is 2.41. The molecular formula is C9H13N7O2. The summed E-state index contributed by atoms with van der Waals surface area (Å²) in [5.74, 6) is 0.226. The molecule has 9 nitrogen and oxygen atoms in total. The lowest BCUT2D eigenvalue weighted by molar-refractivity contribution is 0.0135. The van der Waals surface area contributed by atoms with E-state index in [1.165, 1.54) is 11.1 Å². The highest BCUT2D eigenvalue weighted by molar-refractivity contribution is 5.79. The van der Waals surface area contributed by atoms with Gasteiger partial charge in [0.2, 0.25) is 5.65 Å². The van der Waals surface area contributed by atoms with Crippen molar-refractivity contribution < 1.29 is 10.2 Å². The summed E-state index contributed by atoms with van der Waals surface area (Å²) in [6.45, 7) is 0. The van der Waals surface area contributed by atoms with Crippen LogP contribution in [0.5, 0.6) is 0 Å². The molecule has 0 aromatic carbocycles. The minimum absolute atomic E-state index is 0.226. The quantitative estimate of drug-likeness (QED) is 0.446. The first-order valence-corrected chi connectivity index (χ1v) is 5.52. The molecule has 1 fully saturated rings. The molecule has 9 heteroatoms. The number of nitrogen functional groups attached to an aromatic ring is 1. The van der Waals surface area contributed by atoms with Crippen molar-refractivity contribution in [2.45, 2.75) is 30.7 Å². The van der Waals surface area contributed by atoms with Gasteiger partial charge in [-0.3, -0.25) is 0 Å². The molecule has 0 radical (unpaired) electrons. The van der Waals surface area contributed by atoms with Crippen LogP contribution in [0.2, 0.25) is 0 Å². The maximum Gasteiger partial charge on any atom is 0.207 e. The Morgan fingerprint density at radius 3 is 2.61 bits per heavy atom. The molecule has 18 heavy (non-hydrogen) atoms. The van der Waals surface area contributed by atoms with Crippen molar-refractivity contribution in [3.05, 3.63) is 6.33 Å². The number of aliphatic hydroxyl groups is 2. The molecule has 0 unspecified atom stereocenters. The standard InChI is InChI=1S/C9H13N7O2/c10-3-1-4(7(18)6(3)17)16-14-5-8(11)12-2-13-9(5)15-16/h2-4,6-7,17-18H,1,10H2,(H2,11,12,13,15)/t3-,4+,6+,7-/m0/s1. The minimum atomic E-state index is -1.00. The number of anilines is 1. The number of nitrogens with zero attached hydrogens (tertiary/aromatic N) is 5. The number of hydrogen-bond acceptors (Lipinski definition) is 8. The van der Waals surface area contributed by atoms with Gasteiger partial charge in [0.25, 0.3) is 0 Å². The van der Waals surface area contributed by atoms with E-state index in [-0.39, 0.29) is 5.82 Å². The highest BCUT2D eigenvalue weighted by atomic mass is 16.3. The third kappa shape index (κ3) is 1.52. The van der Waals surface area contributed by atoms with Gasteiger partial charge in [0.15, 0.2) is 11.3 Å². The van der Waals surface area contributed by atoms with Crippen molar-refractivity contribution in [2.75, 3.05) is 5.73 Å². The topological polar surface area (TPSA) is 149 Å². The van der Waals surface area contributed by atoms with Crippen LogP contribution in [0.1, 0.15) is 12.5 Å². The van der Waals surface area contributed by atoms with Gasteiger partial charge >= 0.3 is 0 Å². The third-order valence-corrected chi connectivity index (χ3v) is 3.22. The predicted molar refractivity (Wildman–Crippen MR) is 61.2 cm³/mol. The van der Waals surface area contributed by atoms with E-state index in [0.717, 1.165) is 0 Å². The van der Waals surface area contributed by atoms with Crippen molar-refractivity contribution in [3.63, 3.8) is 0 Å². The summed E-state index contributed by atoms with van der Waals surface area (Å²) in [4.78, 5) is 9.05. The number of rotatable bonds is 1. The fourth-order valence-corrected chi connectivity index (χ4v) is 2.19. The molecule has 1 aliphatic rings. The van der Waals surface area contributed by atoms with Gasteiger partial charge in [-0.05, 0) is 6.42 Å². The minimum Gasteiger partial charge on any atom is -0.389 e. The van der Waals surface area contributed by atoms with Crippen LogP contribution in [-0.2, 0) is 0 Å². The van der Waals surface area contributed by atoms with Crippen molar-refractivity contribution in [2.24, 2.45) is 5.73 Å². The summed E-state index contributed by atoms with van der Waals surface area (Å²) < 4.78 is 0. The van der Waals surface area contributed by atoms with Crippen molar-refractivity contribution in [3.8, 4) is 0 Å². The van der Waals surface area contributed by atoms with E-state index < -0.39 is 24.3 Å². The highest BCUT2D eigenvalue weighted by Crippen LogP contribution is 2.29. The molecule has 0 bridgehead atoms. The van der Waals surface area contributed by atoms with E-state index in [1.807, 2.05) is 0 Å². The van der Waals surface area contributed by atoms with E-state index in [0.29, 0.717) is 17.6 Å². The van der Waals surface area contributed by atoms with Crippen molar-refractivity contribution in [1.29, 1.82) is 0 Å². The average molecular weight is 251 g/mol. The maximum atomic E-state index is 9.88. The fraction of sp³-hybridized carbons (Fsp3) is 0.556. The molecule has 3 rings (SSSR count). The Morgan fingerprint density at radius 2 is 2.00 bits per heavy atom. The average Bonchev–Trinajstić information content (AvgIpc) is 2.88. The Labute approximate surface area is 101 Å². The smallest absolute Gasteiger partial charge is 0.207 e. The Balaban J connectivity index is 2.03. The molecule has 0 amide bonds. The van der Waals surface area contributed by atoms with Gasteiger partial charge in [-0.15, -0.1) is 10.2 Å². The summed E-state index contributed by atoms with van der Waals surface area (Å²) in [5.41, 5.74) is 12.1. The lowest BCUT2D eigenvalue weighted by Gasteiger charge is -2.14.